The minimum Gasteiger partial charge on any atom is -0.267 e. The van der Waals surface area contributed by atoms with Gasteiger partial charge in [0.25, 0.3) is 11.8 Å². The number of aryl methyl sites for hydroxylation is 2. The zero-order valence-electron chi connectivity index (χ0n) is 11.4. The van der Waals surface area contributed by atoms with Crippen molar-refractivity contribution in [3.8, 4) is 0 Å². The first kappa shape index (κ1) is 15.2. The first-order chi connectivity index (χ1) is 10.5. The summed E-state index contributed by atoms with van der Waals surface area (Å²) in [5.74, 6) is -1.73. The van der Waals surface area contributed by atoms with Gasteiger partial charge in [0.05, 0.1) is 10.4 Å². The number of nitrogens with one attached hydrogen (secondary N) is 2. The quantitative estimate of drug-likeness (QED) is 0.783. The van der Waals surface area contributed by atoms with Crippen LogP contribution >= 0.6 is 27.3 Å². The number of rotatable bonds is 2. The Hall–Kier alpha value is -1.73. The smallest absolute Gasteiger partial charge is 0.267 e. The minimum absolute atomic E-state index is 0.136. The van der Waals surface area contributed by atoms with Crippen molar-refractivity contribution in [2.75, 3.05) is 0 Å². The largest absolute Gasteiger partial charge is 0.279 e. The van der Waals surface area contributed by atoms with Crippen LogP contribution in [0.3, 0.4) is 0 Å². The van der Waals surface area contributed by atoms with Crippen molar-refractivity contribution < 1.29 is 14.0 Å². The predicted molar refractivity (Wildman–Crippen MR) is 85.4 cm³/mol. The van der Waals surface area contributed by atoms with Gasteiger partial charge in [-0.05, 0) is 49.1 Å². The van der Waals surface area contributed by atoms with E-state index in [1.165, 1.54) is 40.0 Å². The second kappa shape index (κ2) is 6.18. The zero-order chi connectivity index (χ0) is 15.7. The van der Waals surface area contributed by atoms with Crippen LogP contribution in [-0.4, -0.2) is 11.8 Å². The van der Waals surface area contributed by atoms with E-state index in [1.54, 1.807) is 0 Å². The molecule has 0 aliphatic heterocycles. The fourth-order valence-electron chi connectivity index (χ4n) is 2.35. The number of halogens is 2. The maximum Gasteiger partial charge on any atom is 0.279 e. The first-order valence-electron chi connectivity index (χ1n) is 6.72. The maximum atomic E-state index is 13.6. The number of amides is 2. The molecule has 0 unspecified atom stereocenters. The van der Waals surface area contributed by atoms with Crippen LogP contribution < -0.4 is 10.9 Å². The van der Waals surface area contributed by atoms with Gasteiger partial charge in [-0.3, -0.25) is 20.4 Å². The number of thiophene rings is 1. The van der Waals surface area contributed by atoms with E-state index < -0.39 is 11.7 Å². The molecule has 2 aromatic rings. The van der Waals surface area contributed by atoms with Gasteiger partial charge in [0.15, 0.2) is 0 Å². The lowest BCUT2D eigenvalue weighted by Gasteiger charge is -2.07. The van der Waals surface area contributed by atoms with Gasteiger partial charge in [0, 0.05) is 9.35 Å². The normalized spacial score (nSPS) is 12.8. The molecule has 1 aromatic carbocycles. The van der Waals surface area contributed by atoms with E-state index in [1.807, 2.05) is 6.07 Å². The molecule has 1 heterocycles. The Morgan fingerprint density at radius 3 is 2.68 bits per heavy atom. The zero-order valence-corrected chi connectivity index (χ0v) is 13.8. The molecule has 114 valence electrons. The lowest BCUT2D eigenvalue weighted by molar-refractivity contribution is 0.0846. The van der Waals surface area contributed by atoms with Gasteiger partial charge >= 0.3 is 0 Å². The van der Waals surface area contributed by atoms with Crippen LogP contribution in [0.4, 0.5) is 4.39 Å². The second-order valence-corrected chi connectivity index (χ2v) is 7.00. The highest BCUT2D eigenvalue weighted by Gasteiger charge is 2.19. The van der Waals surface area contributed by atoms with Crippen molar-refractivity contribution in [3.05, 3.63) is 55.4 Å². The lowest BCUT2D eigenvalue weighted by Crippen LogP contribution is -2.41. The molecular formula is C15H12BrFN2O2S. The maximum absolute atomic E-state index is 13.6. The third-order valence-corrected chi connectivity index (χ3v) is 5.16. The summed E-state index contributed by atoms with van der Waals surface area (Å²) in [5.41, 5.74) is 5.63. The Labute approximate surface area is 138 Å². The predicted octanol–water partition coefficient (Wildman–Crippen LogP) is 3.21. The molecule has 1 aliphatic rings. The fraction of sp³-hybridized carbons (Fsp3) is 0.200. The molecule has 0 spiro atoms. The van der Waals surface area contributed by atoms with Gasteiger partial charge in [0.2, 0.25) is 0 Å². The standard InChI is InChI=1S/C15H12BrFN2O2S/c16-9-4-5-11(17)10(7-9)14(20)18-19-15(21)13-6-8-2-1-3-12(8)22-13/h4-7H,1-3H2,(H,18,20)(H,19,21). The van der Waals surface area contributed by atoms with Crippen molar-refractivity contribution in [1.82, 2.24) is 10.9 Å². The third-order valence-electron chi connectivity index (χ3n) is 3.43. The van der Waals surface area contributed by atoms with Gasteiger partial charge in [-0.15, -0.1) is 11.3 Å². The van der Waals surface area contributed by atoms with Crippen molar-refractivity contribution in [2.24, 2.45) is 0 Å². The number of carbonyl (C=O) groups is 2. The summed E-state index contributed by atoms with van der Waals surface area (Å²) in [6, 6.07) is 5.90. The van der Waals surface area contributed by atoms with Gasteiger partial charge in [-0.1, -0.05) is 15.9 Å². The number of carbonyl (C=O) groups excluding carboxylic acids is 2. The molecule has 7 heteroatoms. The average molecular weight is 383 g/mol. The molecule has 0 saturated heterocycles. The minimum atomic E-state index is -0.698. The van der Waals surface area contributed by atoms with Crippen LogP contribution in [0.2, 0.25) is 0 Å². The van der Waals surface area contributed by atoms with Gasteiger partial charge < -0.3 is 0 Å². The van der Waals surface area contributed by atoms with Crippen LogP contribution in [0.25, 0.3) is 0 Å². The van der Waals surface area contributed by atoms with E-state index in [-0.39, 0.29) is 11.5 Å². The molecule has 2 N–H and O–H groups in total. The first-order valence-corrected chi connectivity index (χ1v) is 8.33. The van der Waals surface area contributed by atoms with Crippen molar-refractivity contribution in [1.29, 1.82) is 0 Å². The van der Waals surface area contributed by atoms with Crippen LogP contribution in [0.1, 0.15) is 36.9 Å². The molecule has 0 bridgehead atoms. The van der Waals surface area contributed by atoms with Gasteiger partial charge in [-0.25, -0.2) is 4.39 Å². The second-order valence-electron chi connectivity index (χ2n) is 4.95. The van der Waals surface area contributed by atoms with Crippen LogP contribution in [0.15, 0.2) is 28.7 Å². The van der Waals surface area contributed by atoms with E-state index in [2.05, 4.69) is 26.8 Å². The molecule has 4 nitrogen and oxygen atoms in total. The van der Waals surface area contributed by atoms with E-state index in [4.69, 9.17) is 0 Å². The molecule has 0 atom stereocenters. The van der Waals surface area contributed by atoms with E-state index in [9.17, 15) is 14.0 Å². The van der Waals surface area contributed by atoms with Crippen molar-refractivity contribution in [2.45, 2.75) is 19.3 Å². The van der Waals surface area contributed by atoms with E-state index >= 15 is 0 Å². The summed E-state index contributed by atoms with van der Waals surface area (Å²) in [6.45, 7) is 0. The Bertz CT molecular complexity index is 738. The van der Waals surface area contributed by atoms with Gasteiger partial charge in [-0.2, -0.15) is 0 Å². The average Bonchev–Trinajstić information content (AvgIpc) is 3.08. The Balaban J connectivity index is 1.65. The third kappa shape index (κ3) is 3.05. The highest BCUT2D eigenvalue weighted by Crippen LogP contribution is 2.30. The Morgan fingerprint density at radius 1 is 1.14 bits per heavy atom. The molecule has 0 saturated carbocycles. The number of hydrazine groups is 1. The number of benzene rings is 1. The van der Waals surface area contributed by atoms with Crippen molar-refractivity contribution in [3.63, 3.8) is 0 Å². The number of hydrogen-bond acceptors (Lipinski definition) is 3. The lowest BCUT2D eigenvalue weighted by atomic mass is 10.2. The van der Waals surface area contributed by atoms with Crippen LogP contribution in [-0.2, 0) is 12.8 Å². The van der Waals surface area contributed by atoms with Crippen LogP contribution in [0.5, 0.6) is 0 Å². The Morgan fingerprint density at radius 2 is 1.91 bits per heavy atom. The summed E-state index contributed by atoms with van der Waals surface area (Å²) >= 11 is 4.61. The molecular weight excluding hydrogens is 371 g/mol. The summed E-state index contributed by atoms with van der Waals surface area (Å²) in [6.07, 6.45) is 3.12. The number of hydrogen-bond donors (Lipinski definition) is 2. The molecule has 3 rings (SSSR count). The molecule has 1 aliphatic carbocycles. The summed E-state index contributed by atoms with van der Waals surface area (Å²) in [5, 5.41) is 0. The summed E-state index contributed by atoms with van der Waals surface area (Å²) in [4.78, 5) is 25.7. The summed E-state index contributed by atoms with van der Waals surface area (Å²) in [7, 11) is 0. The number of fused-ring (bicyclic) bond motifs is 1. The highest BCUT2D eigenvalue weighted by molar-refractivity contribution is 9.10. The van der Waals surface area contributed by atoms with Crippen molar-refractivity contribution >= 4 is 39.1 Å². The summed E-state index contributed by atoms with van der Waals surface area (Å²) < 4.78 is 14.2. The fourth-order valence-corrected chi connectivity index (χ4v) is 3.86. The monoisotopic (exact) mass is 382 g/mol. The topological polar surface area (TPSA) is 58.2 Å². The van der Waals surface area contributed by atoms with Crippen LogP contribution in [0, 0.1) is 5.82 Å². The SMILES string of the molecule is O=C(NNC(=O)c1cc(Br)ccc1F)c1cc2c(s1)CCC2. The Kier molecular flexibility index (Phi) is 4.26. The van der Waals surface area contributed by atoms with E-state index in [0.29, 0.717) is 9.35 Å². The van der Waals surface area contributed by atoms with E-state index in [0.717, 1.165) is 19.3 Å². The highest BCUT2D eigenvalue weighted by atomic mass is 79.9. The molecule has 1 aromatic heterocycles. The molecule has 22 heavy (non-hydrogen) atoms. The molecule has 0 radical (unpaired) electrons. The van der Waals surface area contributed by atoms with Gasteiger partial charge in [0.1, 0.15) is 5.82 Å². The molecule has 0 fully saturated rings. The molecule has 2 amide bonds.